The molecule has 0 radical (unpaired) electrons. The van der Waals surface area contributed by atoms with Crippen molar-refractivity contribution in [1.82, 2.24) is 4.90 Å². The van der Waals surface area contributed by atoms with E-state index >= 15 is 0 Å². The van der Waals surface area contributed by atoms with Gasteiger partial charge in [-0.3, -0.25) is 9.59 Å². The molecule has 0 saturated heterocycles. The Kier molecular flexibility index (Phi) is 7.29. The number of cyclic esters (lactones) is 1. The number of esters is 2. The van der Waals surface area contributed by atoms with Crippen molar-refractivity contribution in [3.05, 3.63) is 74.9 Å². The molecule has 178 valence electrons. The van der Waals surface area contributed by atoms with E-state index in [1.807, 2.05) is 19.1 Å². The van der Waals surface area contributed by atoms with Gasteiger partial charge in [-0.25, -0.2) is 4.79 Å². The number of nitrogens with zero attached hydrogens (tertiary/aromatic N) is 1. The Labute approximate surface area is 196 Å². The monoisotopic (exact) mass is 469 g/mol. The van der Waals surface area contributed by atoms with E-state index in [4.69, 9.17) is 9.47 Å². The summed E-state index contributed by atoms with van der Waals surface area (Å²) in [4.78, 5) is 38.3. The third-order valence-electron chi connectivity index (χ3n) is 5.58. The fraction of sp³-hybridized carbons (Fsp3) is 0.269. The maximum atomic E-state index is 13.3. The number of halogens is 2. The number of ether oxygens (including phenoxy) is 2. The summed E-state index contributed by atoms with van der Waals surface area (Å²) >= 11 is 0. The molecule has 1 aliphatic heterocycles. The van der Waals surface area contributed by atoms with Gasteiger partial charge in [0.15, 0.2) is 0 Å². The number of benzene rings is 2. The number of rotatable bonds is 6. The average Bonchev–Trinajstić information content (AvgIpc) is 3.14. The largest absolute Gasteiger partial charge is 0.457 e. The van der Waals surface area contributed by atoms with Crippen LogP contribution in [-0.2, 0) is 22.6 Å². The predicted molar refractivity (Wildman–Crippen MR) is 124 cm³/mol. The lowest BCUT2D eigenvalue weighted by molar-refractivity contribution is -0.131. The summed E-state index contributed by atoms with van der Waals surface area (Å²) in [6.45, 7) is 4.53. The minimum Gasteiger partial charge on any atom is -0.457 e. The quantitative estimate of drug-likeness (QED) is 0.435. The van der Waals surface area contributed by atoms with Crippen LogP contribution in [0.2, 0.25) is 0 Å². The molecule has 0 spiro atoms. The molecule has 8 heteroatoms. The molecule has 34 heavy (non-hydrogen) atoms. The zero-order chi connectivity index (χ0) is 25.2. The number of fused-ring (bicyclic) bond motifs is 1. The molecular weight excluding hydrogens is 444 g/mol. The fourth-order valence-corrected chi connectivity index (χ4v) is 4.01. The van der Waals surface area contributed by atoms with E-state index in [9.17, 15) is 23.2 Å². The van der Waals surface area contributed by atoms with Gasteiger partial charge in [0.25, 0.3) is 12.0 Å². The first-order valence-electron chi connectivity index (χ1n) is 10.6. The van der Waals surface area contributed by atoms with Crippen molar-refractivity contribution in [2.24, 2.45) is 0 Å². The smallest absolute Gasteiger partial charge is 0.342 e. The highest BCUT2D eigenvalue weighted by molar-refractivity contribution is 6.00. The van der Waals surface area contributed by atoms with Crippen molar-refractivity contribution in [3.63, 3.8) is 0 Å². The number of hydrogen-bond donors (Lipinski definition) is 0. The summed E-state index contributed by atoms with van der Waals surface area (Å²) in [6.07, 6.45) is 2.23. The normalized spacial score (nSPS) is 12.4. The molecule has 3 rings (SSSR count). The van der Waals surface area contributed by atoms with Crippen LogP contribution in [0.3, 0.4) is 0 Å². The van der Waals surface area contributed by atoms with Crippen molar-refractivity contribution in [2.75, 3.05) is 14.1 Å². The molecule has 0 saturated carbocycles. The minimum absolute atomic E-state index is 0.0622. The van der Waals surface area contributed by atoms with Gasteiger partial charge in [0.2, 0.25) is 0 Å². The van der Waals surface area contributed by atoms with Gasteiger partial charge in [-0.2, -0.15) is 8.78 Å². The summed E-state index contributed by atoms with van der Waals surface area (Å²) < 4.78 is 37.1. The predicted octanol–water partition coefficient (Wildman–Crippen LogP) is 5.09. The first-order chi connectivity index (χ1) is 16.0. The van der Waals surface area contributed by atoms with Crippen molar-refractivity contribution in [1.29, 1.82) is 0 Å². The maximum absolute atomic E-state index is 13.3. The van der Waals surface area contributed by atoms with Gasteiger partial charge in [-0.1, -0.05) is 30.4 Å². The molecule has 0 atom stereocenters. The molecule has 1 aliphatic rings. The van der Waals surface area contributed by atoms with Crippen LogP contribution in [0.25, 0.3) is 12.2 Å². The Morgan fingerprint density at radius 1 is 1.21 bits per heavy atom. The Bertz CT molecular complexity index is 1240. The van der Waals surface area contributed by atoms with Crippen molar-refractivity contribution in [3.8, 4) is 5.75 Å². The van der Waals surface area contributed by atoms with E-state index in [0.29, 0.717) is 28.3 Å². The standard InChI is InChI=1S/C26H25F2NO5/c1-14-8-6-9-17(22(14)25(31)29(4)5)10-7-11-18-19(12-21(27)28)15(2)20-13-33-26(32)23(20)24(18)34-16(3)30/h6-10,12H,11,13H2,1-5H3/b10-7+. The second-order valence-corrected chi connectivity index (χ2v) is 8.15. The zero-order valence-corrected chi connectivity index (χ0v) is 19.6. The number of carbonyl (C=O) groups excluding carboxylic acids is 3. The molecule has 6 nitrogen and oxygen atoms in total. The Morgan fingerprint density at radius 3 is 2.53 bits per heavy atom. The molecule has 0 bridgehead atoms. The number of aryl methyl sites for hydroxylation is 1. The van der Waals surface area contributed by atoms with Gasteiger partial charge in [-0.05, 0) is 42.5 Å². The highest BCUT2D eigenvalue weighted by Crippen LogP contribution is 2.40. The lowest BCUT2D eigenvalue weighted by Crippen LogP contribution is -2.23. The summed E-state index contributed by atoms with van der Waals surface area (Å²) in [5, 5.41) is 0. The van der Waals surface area contributed by atoms with Crippen LogP contribution in [0.1, 0.15) is 61.0 Å². The third-order valence-corrected chi connectivity index (χ3v) is 5.58. The van der Waals surface area contributed by atoms with Crippen LogP contribution in [0.5, 0.6) is 5.75 Å². The van der Waals surface area contributed by atoms with Crippen LogP contribution >= 0.6 is 0 Å². The highest BCUT2D eigenvalue weighted by Gasteiger charge is 2.33. The first kappa shape index (κ1) is 24.8. The number of hydrogen-bond acceptors (Lipinski definition) is 5. The van der Waals surface area contributed by atoms with Gasteiger partial charge < -0.3 is 14.4 Å². The lowest BCUT2D eigenvalue weighted by Gasteiger charge is -2.17. The fourth-order valence-electron chi connectivity index (χ4n) is 4.01. The second-order valence-electron chi connectivity index (χ2n) is 8.15. The van der Waals surface area contributed by atoms with Crippen LogP contribution in [0, 0.1) is 13.8 Å². The molecule has 0 fully saturated rings. The van der Waals surface area contributed by atoms with Crippen LogP contribution < -0.4 is 4.74 Å². The van der Waals surface area contributed by atoms with E-state index in [-0.39, 0.29) is 41.4 Å². The Morgan fingerprint density at radius 2 is 1.91 bits per heavy atom. The van der Waals surface area contributed by atoms with E-state index in [1.165, 1.54) is 11.8 Å². The molecule has 0 aromatic heterocycles. The molecule has 0 unspecified atom stereocenters. The summed E-state index contributed by atoms with van der Waals surface area (Å²) in [7, 11) is 3.31. The average molecular weight is 469 g/mol. The van der Waals surface area contributed by atoms with Gasteiger partial charge >= 0.3 is 11.9 Å². The minimum atomic E-state index is -1.93. The Hall–Kier alpha value is -3.81. The third kappa shape index (κ3) is 4.90. The second kappa shape index (κ2) is 9.99. The molecule has 2 aromatic carbocycles. The summed E-state index contributed by atoms with van der Waals surface area (Å²) in [5.74, 6) is -1.61. The highest BCUT2D eigenvalue weighted by atomic mass is 19.3. The number of allylic oxidation sites excluding steroid dienone is 1. The molecule has 0 N–H and O–H groups in total. The molecule has 0 aliphatic carbocycles. The van der Waals surface area contributed by atoms with E-state index in [1.54, 1.807) is 39.2 Å². The van der Waals surface area contributed by atoms with E-state index in [2.05, 4.69) is 0 Å². The number of amides is 1. The molecule has 1 amide bonds. The van der Waals surface area contributed by atoms with E-state index in [0.717, 1.165) is 5.56 Å². The van der Waals surface area contributed by atoms with Gasteiger partial charge in [-0.15, -0.1) is 0 Å². The Balaban J connectivity index is 2.16. The van der Waals surface area contributed by atoms with Gasteiger partial charge in [0.05, 0.1) is 0 Å². The van der Waals surface area contributed by atoms with Gasteiger partial charge in [0.1, 0.15) is 17.9 Å². The van der Waals surface area contributed by atoms with Crippen molar-refractivity contribution >= 4 is 30.0 Å². The zero-order valence-electron chi connectivity index (χ0n) is 19.6. The van der Waals surface area contributed by atoms with Crippen LogP contribution in [-0.4, -0.2) is 36.8 Å². The molecule has 1 heterocycles. The van der Waals surface area contributed by atoms with Crippen LogP contribution in [0.4, 0.5) is 8.78 Å². The lowest BCUT2D eigenvalue weighted by atomic mass is 9.90. The topological polar surface area (TPSA) is 72.9 Å². The van der Waals surface area contributed by atoms with Crippen LogP contribution in [0.15, 0.2) is 30.4 Å². The van der Waals surface area contributed by atoms with Crippen molar-refractivity contribution in [2.45, 2.75) is 33.8 Å². The SMILES string of the molecule is CC(=O)Oc1c(C/C=C/c2cccc(C)c2C(=O)N(C)C)c(C=C(F)F)c(C)c2c1C(=O)OC2. The molecular formula is C26H25F2NO5. The summed E-state index contributed by atoms with van der Waals surface area (Å²) in [6, 6.07) is 5.42. The van der Waals surface area contributed by atoms with Gasteiger partial charge in [0, 0.05) is 43.8 Å². The van der Waals surface area contributed by atoms with Crippen molar-refractivity contribution < 1.29 is 32.6 Å². The number of carbonyl (C=O) groups is 3. The summed E-state index contributed by atoms with van der Waals surface area (Å²) in [5.41, 5.74) is 3.32. The molecule has 2 aromatic rings. The first-order valence-corrected chi connectivity index (χ1v) is 10.6. The maximum Gasteiger partial charge on any atom is 0.342 e. The van der Waals surface area contributed by atoms with E-state index < -0.39 is 18.0 Å².